The summed E-state index contributed by atoms with van der Waals surface area (Å²) in [5, 5.41) is 26.2. The average molecular weight is 200 g/mol. The summed E-state index contributed by atoms with van der Waals surface area (Å²) in [6, 6.07) is 8.69. The average Bonchev–Trinajstić information content (AvgIpc) is 2.68. The maximum atomic E-state index is 8.77. The molecule has 1 radical (unpaired) electrons. The number of H-pyrrole nitrogens is 1. The molecule has 1 heterocycles. The Morgan fingerprint density at radius 1 is 1.00 bits per heavy atom. The topological polar surface area (TPSA) is 100 Å². The number of fused-ring (bicyclic) bond motifs is 1. The Morgan fingerprint density at radius 3 is 2.19 bits per heavy atom. The number of aromatic amines is 1. The second-order valence-corrected chi connectivity index (χ2v) is 2.84. The van der Waals surface area contributed by atoms with E-state index in [1.807, 2.05) is 18.2 Å². The van der Waals surface area contributed by atoms with E-state index in [1.165, 1.54) is 12.1 Å². The van der Waals surface area contributed by atoms with Crippen molar-refractivity contribution in [1.82, 2.24) is 9.97 Å². The van der Waals surface area contributed by atoms with E-state index in [0.29, 0.717) is 11.0 Å². The van der Waals surface area contributed by atoms with E-state index in [4.69, 9.17) is 15.8 Å². The normalized spacial score (nSPS) is 8.56. The van der Waals surface area contributed by atoms with Gasteiger partial charge in [0.05, 0.1) is 22.2 Å². The Hall–Kier alpha value is -2.24. The van der Waals surface area contributed by atoms with Gasteiger partial charge in [-0.1, -0.05) is 0 Å². The number of aromatic nitrogens is 2. The Balaban J connectivity index is 0.00000128. The van der Waals surface area contributed by atoms with Crippen LogP contribution in [0.3, 0.4) is 0 Å². The molecule has 0 atom stereocenters. The van der Waals surface area contributed by atoms with Crippen LogP contribution in [-0.2, 0) is 0 Å². The van der Waals surface area contributed by atoms with Crippen LogP contribution in [0.15, 0.2) is 12.1 Å². The van der Waals surface area contributed by atoms with Crippen molar-refractivity contribution in [2.24, 2.45) is 0 Å². The van der Waals surface area contributed by atoms with Crippen LogP contribution in [-0.4, -0.2) is 28.8 Å². The summed E-state index contributed by atoms with van der Waals surface area (Å²) >= 11 is 0. The van der Waals surface area contributed by atoms with Crippen molar-refractivity contribution in [1.29, 1.82) is 15.8 Å². The number of hydrogen-bond acceptors (Lipinski definition) is 4. The van der Waals surface area contributed by atoms with Crippen molar-refractivity contribution in [2.45, 2.75) is 0 Å². The molecular formula is C10H3LiN5. The maximum Gasteiger partial charge on any atom is 0.211 e. The molecule has 0 amide bonds. The van der Waals surface area contributed by atoms with Gasteiger partial charge in [-0.3, -0.25) is 0 Å². The molecule has 0 aliphatic rings. The molecule has 0 aliphatic heterocycles. The predicted octanol–water partition coefficient (Wildman–Crippen LogP) is 0.797. The van der Waals surface area contributed by atoms with Crippen molar-refractivity contribution in [3.8, 4) is 18.2 Å². The van der Waals surface area contributed by atoms with Crippen molar-refractivity contribution >= 4 is 29.9 Å². The molecule has 5 nitrogen and oxygen atoms in total. The molecule has 1 N–H and O–H groups in total. The van der Waals surface area contributed by atoms with Gasteiger partial charge in [-0.15, -0.1) is 0 Å². The van der Waals surface area contributed by atoms with Crippen molar-refractivity contribution in [3.63, 3.8) is 0 Å². The van der Waals surface area contributed by atoms with E-state index in [9.17, 15) is 0 Å². The fourth-order valence-electron chi connectivity index (χ4n) is 1.29. The molecule has 0 saturated heterocycles. The molecule has 0 unspecified atom stereocenters. The molecule has 0 aliphatic carbocycles. The van der Waals surface area contributed by atoms with Crippen LogP contribution in [0.25, 0.3) is 11.0 Å². The van der Waals surface area contributed by atoms with Crippen LogP contribution in [0.5, 0.6) is 0 Å². The SMILES string of the molecule is N#Cc1nc2cc(C#N)c(C#N)cc2[nH]1.[Li]. The van der Waals surface area contributed by atoms with E-state index < -0.39 is 0 Å². The molecule has 2 rings (SSSR count). The van der Waals surface area contributed by atoms with Gasteiger partial charge in [-0.05, 0) is 12.1 Å². The quantitative estimate of drug-likeness (QED) is 0.635. The van der Waals surface area contributed by atoms with Gasteiger partial charge in [-0.2, -0.15) is 15.8 Å². The molecule has 1 aromatic heterocycles. The number of rotatable bonds is 0. The van der Waals surface area contributed by atoms with E-state index in [0.717, 1.165) is 0 Å². The first-order valence-corrected chi connectivity index (χ1v) is 4.02. The summed E-state index contributed by atoms with van der Waals surface area (Å²) in [4.78, 5) is 6.68. The van der Waals surface area contributed by atoms with Gasteiger partial charge in [0.15, 0.2) is 0 Å². The number of benzene rings is 1. The molecule has 0 spiro atoms. The third kappa shape index (κ3) is 1.77. The molecule has 2 aromatic rings. The Kier molecular flexibility index (Phi) is 3.34. The Morgan fingerprint density at radius 2 is 1.62 bits per heavy atom. The second-order valence-electron chi connectivity index (χ2n) is 2.84. The number of nitrogens with one attached hydrogen (secondary N) is 1. The zero-order valence-electron chi connectivity index (χ0n) is 8.44. The van der Waals surface area contributed by atoms with Gasteiger partial charge in [0.1, 0.15) is 18.2 Å². The van der Waals surface area contributed by atoms with Crippen molar-refractivity contribution < 1.29 is 0 Å². The predicted molar refractivity (Wildman–Crippen MR) is 56.0 cm³/mol. The minimum Gasteiger partial charge on any atom is -0.329 e. The largest absolute Gasteiger partial charge is 0.329 e. The van der Waals surface area contributed by atoms with Crippen LogP contribution < -0.4 is 0 Å². The van der Waals surface area contributed by atoms with Crippen LogP contribution in [0, 0.1) is 34.0 Å². The number of hydrogen-bond donors (Lipinski definition) is 1. The van der Waals surface area contributed by atoms with Crippen LogP contribution in [0.4, 0.5) is 0 Å². The molecular weight excluding hydrogens is 197 g/mol. The van der Waals surface area contributed by atoms with Crippen molar-refractivity contribution in [2.75, 3.05) is 0 Å². The minimum absolute atomic E-state index is 0. The second kappa shape index (κ2) is 4.52. The summed E-state index contributed by atoms with van der Waals surface area (Å²) < 4.78 is 0. The fraction of sp³-hybridized carbons (Fsp3) is 0. The van der Waals surface area contributed by atoms with Gasteiger partial charge < -0.3 is 4.98 Å². The van der Waals surface area contributed by atoms with Crippen LogP contribution >= 0.6 is 0 Å². The molecule has 1 aromatic carbocycles. The van der Waals surface area contributed by atoms with Gasteiger partial charge >= 0.3 is 0 Å². The van der Waals surface area contributed by atoms with Crippen molar-refractivity contribution in [3.05, 3.63) is 29.1 Å². The first-order chi connectivity index (χ1) is 7.28. The fourth-order valence-corrected chi connectivity index (χ4v) is 1.29. The standard InChI is InChI=1S/C10H3N5.Li/c11-3-6-1-8-9(2-7(6)4-12)15-10(5-13)14-8;/h1-2H,(H,14,15);. The third-order valence-corrected chi connectivity index (χ3v) is 1.97. The monoisotopic (exact) mass is 200 g/mol. The molecule has 0 bridgehead atoms. The minimum atomic E-state index is 0. The van der Waals surface area contributed by atoms with E-state index in [2.05, 4.69) is 9.97 Å². The molecule has 69 valence electrons. The zero-order valence-corrected chi connectivity index (χ0v) is 8.44. The third-order valence-electron chi connectivity index (χ3n) is 1.97. The molecule has 16 heavy (non-hydrogen) atoms. The molecule has 6 heteroatoms. The maximum absolute atomic E-state index is 8.77. The summed E-state index contributed by atoms with van der Waals surface area (Å²) in [5.74, 6) is 0.170. The van der Waals surface area contributed by atoms with Gasteiger partial charge in [-0.25, -0.2) is 4.98 Å². The number of nitrogens with zero attached hydrogens (tertiary/aromatic N) is 4. The first kappa shape index (κ1) is 11.8. The summed E-state index contributed by atoms with van der Waals surface area (Å²) in [5.41, 5.74) is 1.64. The first-order valence-electron chi connectivity index (χ1n) is 4.02. The number of nitriles is 3. The van der Waals surface area contributed by atoms with E-state index >= 15 is 0 Å². The van der Waals surface area contributed by atoms with Crippen LogP contribution in [0.1, 0.15) is 17.0 Å². The molecule has 0 fully saturated rings. The zero-order chi connectivity index (χ0) is 10.8. The Labute approximate surface area is 103 Å². The van der Waals surface area contributed by atoms with E-state index in [-0.39, 0.29) is 35.8 Å². The van der Waals surface area contributed by atoms with Crippen LogP contribution in [0.2, 0.25) is 0 Å². The summed E-state index contributed by atoms with van der Waals surface area (Å²) in [6.45, 7) is 0. The smallest absolute Gasteiger partial charge is 0.211 e. The number of imidazole rings is 1. The summed E-state index contributed by atoms with van der Waals surface area (Å²) in [6.07, 6.45) is 0. The summed E-state index contributed by atoms with van der Waals surface area (Å²) in [7, 11) is 0. The Bertz CT molecular complexity index is 614. The molecule has 0 saturated carbocycles. The van der Waals surface area contributed by atoms with E-state index in [1.54, 1.807) is 0 Å². The van der Waals surface area contributed by atoms with Gasteiger partial charge in [0.2, 0.25) is 5.82 Å². The van der Waals surface area contributed by atoms with Gasteiger partial charge in [0, 0.05) is 18.9 Å². The van der Waals surface area contributed by atoms with Gasteiger partial charge in [0.25, 0.3) is 0 Å².